The molecule has 0 saturated heterocycles. The molecular weight excluding hydrogens is 443 g/mol. The molecule has 1 saturated carbocycles. The topological polar surface area (TPSA) is 132 Å². The largest absolute Gasteiger partial charge is 1.00 e. The molecule has 3 aromatic rings. The van der Waals surface area contributed by atoms with Crippen molar-refractivity contribution in [1.82, 2.24) is 24.3 Å². The molecule has 0 aromatic carbocycles. The first-order chi connectivity index (χ1) is 15.4. The second kappa shape index (κ2) is 12.1. The van der Waals surface area contributed by atoms with Gasteiger partial charge in [0.15, 0.2) is 0 Å². The molecule has 1 aliphatic carbocycles. The molecule has 4 rings (SSSR count). The van der Waals surface area contributed by atoms with E-state index in [2.05, 4.69) is 40.8 Å². The molecule has 3 atom stereocenters. The normalized spacial score (nSPS) is 18.8. The fraction of sp³-hybridized carbons (Fsp3) is 0.565. The zero-order valence-electron chi connectivity index (χ0n) is 20.6. The van der Waals surface area contributed by atoms with Crippen molar-refractivity contribution in [2.45, 2.75) is 70.2 Å². The number of hydrogen-bond donors (Lipinski definition) is 1. The summed E-state index contributed by atoms with van der Waals surface area (Å²) in [5.41, 5.74) is 2.56. The Labute approximate surface area is 213 Å². The maximum Gasteiger partial charge on any atom is 1.00 e. The zero-order chi connectivity index (χ0) is 22.7. The predicted octanol–water partition coefficient (Wildman–Crippen LogP) is 1.05. The molecule has 3 aromatic heterocycles. The zero-order valence-corrected chi connectivity index (χ0v) is 21.6. The molecule has 178 valence electrons. The molecule has 0 spiro atoms. The molecule has 1 aliphatic rings. The van der Waals surface area contributed by atoms with Gasteiger partial charge in [0.2, 0.25) is 0 Å². The van der Waals surface area contributed by atoms with E-state index in [0.29, 0.717) is 13.2 Å². The number of aliphatic hydroxyl groups excluding tert-OH is 1. The van der Waals surface area contributed by atoms with Crippen LogP contribution in [0.25, 0.3) is 22.3 Å². The Morgan fingerprint density at radius 1 is 1.29 bits per heavy atom. The molecule has 1 fully saturated rings. The minimum absolute atomic E-state index is 0. The van der Waals surface area contributed by atoms with Crippen molar-refractivity contribution in [2.75, 3.05) is 6.61 Å². The minimum Gasteiger partial charge on any atom is -0.870 e. The van der Waals surface area contributed by atoms with E-state index in [1.807, 2.05) is 27.7 Å². The van der Waals surface area contributed by atoms with Gasteiger partial charge >= 0.3 is 18.9 Å². The van der Waals surface area contributed by atoms with Gasteiger partial charge in [0.05, 0.1) is 36.5 Å². The Morgan fingerprint density at radius 3 is 2.76 bits per heavy atom. The van der Waals surface area contributed by atoms with Crippen LogP contribution in [-0.4, -0.2) is 55.7 Å². The van der Waals surface area contributed by atoms with Crippen molar-refractivity contribution in [2.24, 2.45) is 5.92 Å². The first kappa shape index (κ1) is 28.3. The summed E-state index contributed by atoms with van der Waals surface area (Å²) in [4.78, 5) is 9.01. The number of aromatic nitrogens is 5. The monoisotopic (exact) mass is 476 g/mol. The maximum atomic E-state index is 9.94. The molecule has 11 heteroatoms. The average molecular weight is 477 g/mol. The van der Waals surface area contributed by atoms with E-state index in [9.17, 15) is 10.4 Å². The van der Waals surface area contributed by atoms with Gasteiger partial charge in [-0.25, -0.2) is 9.97 Å². The first-order valence-electron chi connectivity index (χ1n) is 11.3. The Kier molecular flexibility index (Phi) is 10.1. The minimum atomic E-state index is -1.12. The fourth-order valence-electron chi connectivity index (χ4n) is 4.43. The van der Waals surface area contributed by atoms with E-state index in [1.165, 1.54) is 0 Å². The van der Waals surface area contributed by atoms with Crippen molar-refractivity contribution in [1.29, 1.82) is 5.26 Å². The summed E-state index contributed by atoms with van der Waals surface area (Å²) in [5, 5.41) is 24.8. The van der Waals surface area contributed by atoms with Crippen molar-refractivity contribution < 1.29 is 34.2 Å². The average Bonchev–Trinajstić information content (AvgIpc) is 3.48. The first-order valence-corrected chi connectivity index (χ1v) is 15.0. The third-order valence-electron chi connectivity index (χ3n) is 6.29. The van der Waals surface area contributed by atoms with Gasteiger partial charge in [0.25, 0.3) is 0 Å². The van der Waals surface area contributed by atoms with E-state index >= 15 is 0 Å². The summed E-state index contributed by atoms with van der Waals surface area (Å²) in [6.07, 6.45) is 9.87. The summed E-state index contributed by atoms with van der Waals surface area (Å²) in [7, 11) is -1.12. The van der Waals surface area contributed by atoms with E-state index in [1.54, 1.807) is 12.5 Å². The number of fused-ring (bicyclic) bond motifs is 1. The van der Waals surface area contributed by atoms with Crippen LogP contribution in [0.15, 0.2) is 31.0 Å². The van der Waals surface area contributed by atoms with Crippen LogP contribution in [0.5, 0.6) is 0 Å². The van der Waals surface area contributed by atoms with Crippen LogP contribution in [0, 0.1) is 17.2 Å². The summed E-state index contributed by atoms with van der Waals surface area (Å²) in [6.45, 7) is 8.26. The van der Waals surface area contributed by atoms with Crippen molar-refractivity contribution >= 4 is 19.1 Å². The van der Waals surface area contributed by atoms with Crippen LogP contribution in [0.3, 0.4) is 0 Å². The number of nitrogens with zero attached hydrogens (tertiary/aromatic N) is 6. The Morgan fingerprint density at radius 2 is 2.09 bits per heavy atom. The van der Waals surface area contributed by atoms with Crippen molar-refractivity contribution in [3.63, 3.8) is 0 Å². The molecule has 0 amide bonds. The fourth-order valence-corrected chi connectivity index (χ4v) is 5.19. The van der Waals surface area contributed by atoms with Gasteiger partial charge in [0.1, 0.15) is 18.7 Å². The van der Waals surface area contributed by atoms with E-state index in [-0.39, 0.29) is 42.4 Å². The molecule has 2 N–H and O–H groups in total. The summed E-state index contributed by atoms with van der Waals surface area (Å²) >= 11 is 0. The maximum absolute atomic E-state index is 9.94. The van der Waals surface area contributed by atoms with Gasteiger partial charge in [-0.3, -0.25) is 4.68 Å². The standard InChI is InChI=1S/C23H32N6O2Si.Li.H2O/c1-32(2,3)11-10-31-16-28-9-7-20-22(25-15-26-23(20)28)18-13-27-29(14-18)21(6-8-24)17-4-5-19(30)12-17;;/h7,9,13-15,17,19,21,30H,4-6,10-12,16H2,1-3H3;;1H2/q;+1;/p-1/t17-,19-,21?;;/m1../s1. The number of ether oxygens (including phenoxy) is 1. The molecule has 9 nitrogen and oxygen atoms in total. The molecule has 1 unspecified atom stereocenters. The van der Waals surface area contributed by atoms with Crippen LogP contribution in [0.2, 0.25) is 25.7 Å². The van der Waals surface area contributed by atoms with Crippen LogP contribution in [0.1, 0.15) is 31.7 Å². The van der Waals surface area contributed by atoms with Gasteiger partial charge in [-0.2, -0.15) is 10.4 Å². The smallest absolute Gasteiger partial charge is 0.870 e. The van der Waals surface area contributed by atoms with Gasteiger partial charge in [0, 0.05) is 38.0 Å². The summed E-state index contributed by atoms with van der Waals surface area (Å²) in [6, 6.07) is 5.41. The molecule has 0 radical (unpaired) electrons. The van der Waals surface area contributed by atoms with E-state index < -0.39 is 8.07 Å². The third-order valence-corrected chi connectivity index (χ3v) is 7.99. The predicted molar refractivity (Wildman–Crippen MR) is 127 cm³/mol. The Balaban J connectivity index is 0.00000204. The van der Waals surface area contributed by atoms with Gasteiger partial charge in [-0.05, 0) is 37.3 Å². The molecule has 0 aliphatic heterocycles. The second-order valence-electron chi connectivity index (χ2n) is 9.96. The Hall–Kier alpha value is -1.99. The molecule has 3 heterocycles. The number of aliphatic hydroxyl groups is 1. The summed E-state index contributed by atoms with van der Waals surface area (Å²) in [5.74, 6) is 0.261. The number of hydrogen-bond acceptors (Lipinski definition) is 7. The third kappa shape index (κ3) is 6.57. The second-order valence-corrected chi connectivity index (χ2v) is 15.6. The van der Waals surface area contributed by atoms with Crippen molar-refractivity contribution in [3.8, 4) is 17.3 Å². The Bertz CT molecular complexity index is 1110. The molecular formula is C23H33LiN6O3Si. The van der Waals surface area contributed by atoms with Crippen LogP contribution >= 0.6 is 0 Å². The van der Waals surface area contributed by atoms with Crippen molar-refractivity contribution in [3.05, 3.63) is 31.0 Å². The molecule has 34 heavy (non-hydrogen) atoms. The summed E-state index contributed by atoms with van der Waals surface area (Å²) < 4.78 is 9.79. The van der Waals surface area contributed by atoms with Gasteiger partial charge in [-0.1, -0.05) is 19.6 Å². The van der Waals surface area contributed by atoms with E-state index in [0.717, 1.165) is 54.2 Å². The van der Waals surface area contributed by atoms with Crippen LogP contribution in [0.4, 0.5) is 0 Å². The van der Waals surface area contributed by atoms with Gasteiger partial charge < -0.3 is 19.9 Å². The van der Waals surface area contributed by atoms with Crippen LogP contribution < -0.4 is 18.9 Å². The quantitative estimate of drug-likeness (QED) is 0.361. The van der Waals surface area contributed by atoms with E-state index in [4.69, 9.17) is 4.74 Å². The SMILES string of the molecule is C[Si](C)(C)CCOCn1ccc2c(-c3cnn(C(CC#N)[C@@H]4CC[C@@H](O)C4)c3)ncnc21.[Li+].[OH-]. The van der Waals surface area contributed by atoms with Crippen LogP contribution in [-0.2, 0) is 11.5 Å². The number of nitriles is 1. The molecule has 0 bridgehead atoms. The number of rotatable bonds is 9. The van der Waals surface area contributed by atoms with Gasteiger partial charge in [-0.15, -0.1) is 0 Å².